The highest BCUT2D eigenvalue weighted by Gasteiger charge is 2.27. The number of hydrogen-bond acceptors (Lipinski definition) is 6. The van der Waals surface area contributed by atoms with Gasteiger partial charge in [0.1, 0.15) is 22.1 Å². The molecule has 5 nitrogen and oxygen atoms in total. The van der Waals surface area contributed by atoms with Crippen molar-refractivity contribution in [3.05, 3.63) is 30.0 Å². The summed E-state index contributed by atoms with van der Waals surface area (Å²) in [6.07, 6.45) is 1.82. The van der Waals surface area contributed by atoms with Crippen molar-refractivity contribution in [3.8, 4) is 16.5 Å². The summed E-state index contributed by atoms with van der Waals surface area (Å²) in [4.78, 5) is 16.7. The van der Waals surface area contributed by atoms with Crippen molar-refractivity contribution in [1.82, 2.24) is 4.98 Å². The zero-order valence-corrected chi connectivity index (χ0v) is 14.4. The first-order valence-corrected chi connectivity index (χ1v) is 8.80. The van der Waals surface area contributed by atoms with Crippen LogP contribution in [0.25, 0.3) is 21.7 Å². The Morgan fingerprint density at radius 1 is 1.42 bits per heavy atom. The molecule has 1 N–H and O–H groups in total. The van der Waals surface area contributed by atoms with Crippen molar-refractivity contribution >= 4 is 33.1 Å². The van der Waals surface area contributed by atoms with E-state index in [9.17, 15) is 4.79 Å². The number of aromatic nitrogens is 1. The number of carbonyl (C=O) groups excluding carboxylic acids is 1. The maximum atomic E-state index is 12.0. The lowest BCUT2D eigenvalue weighted by atomic mass is 9.97. The van der Waals surface area contributed by atoms with E-state index < -0.39 is 0 Å². The van der Waals surface area contributed by atoms with Gasteiger partial charge in [-0.2, -0.15) is 0 Å². The molecule has 1 aliphatic rings. The average Bonchev–Trinajstić information content (AvgIpc) is 3.13. The number of anilines is 1. The maximum absolute atomic E-state index is 12.0. The predicted octanol–water partition coefficient (Wildman–Crippen LogP) is 4.44. The Morgan fingerprint density at radius 3 is 3.08 bits per heavy atom. The van der Waals surface area contributed by atoms with Gasteiger partial charge in [0, 0.05) is 11.9 Å². The first kappa shape index (κ1) is 15.2. The summed E-state index contributed by atoms with van der Waals surface area (Å²) in [5.74, 6) is 1.57. The SMILES string of the molecule is COc1ccc2oc(-c3nc4c(s3)NCCCC4C(C)=O)cc2c1. The third kappa shape index (κ3) is 2.57. The summed E-state index contributed by atoms with van der Waals surface area (Å²) in [5.41, 5.74) is 1.66. The van der Waals surface area contributed by atoms with Crippen LogP contribution >= 0.6 is 11.3 Å². The second kappa shape index (κ2) is 5.94. The number of ketones is 1. The lowest BCUT2D eigenvalue weighted by Crippen LogP contribution is -2.08. The molecule has 3 heterocycles. The van der Waals surface area contributed by atoms with Gasteiger partial charge in [0.2, 0.25) is 0 Å². The minimum atomic E-state index is -0.121. The van der Waals surface area contributed by atoms with E-state index in [1.807, 2.05) is 24.3 Å². The Hall–Kier alpha value is -2.34. The number of hydrogen-bond donors (Lipinski definition) is 1. The lowest BCUT2D eigenvalue weighted by molar-refractivity contribution is -0.118. The van der Waals surface area contributed by atoms with Crippen LogP contribution in [0.1, 0.15) is 31.4 Å². The quantitative estimate of drug-likeness (QED) is 0.762. The van der Waals surface area contributed by atoms with Gasteiger partial charge in [-0.05, 0) is 44.0 Å². The van der Waals surface area contributed by atoms with Crippen molar-refractivity contribution in [2.45, 2.75) is 25.7 Å². The van der Waals surface area contributed by atoms with Crippen LogP contribution in [0.4, 0.5) is 5.00 Å². The van der Waals surface area contributed by atoms with Crippen molar-refractivity contribution in [2.24, 2.45) is 0 Å². The average molecular weight is 342 g/mol. The Bertz CT molecular complexity index is 912. The summed E-state index contributed by atoms with van der Waals surface area (Å²) >= 11 is 1.55. The molecule has 1 aromatic carbocycles. The highest BCUT2D eigenvalue weighted by Crippen LogP contribution is 2.41. The fraction of sp³-hybridized carbons (Fsp3) is 0.333. The number of rotatable bonds is 3. The number of benzene rings is 1. The van der Waals surface area contributed by atoms with Crippen LogP contribution in [0.2, 0.25) is 0 Å². The molecule has 0 aliphatic carbocycles. The van der Waals surface area contributed by atoms with Gasteiger partial charge in [-0.1, -0.05) is 11.3 Å². The number of ether oxygens (including phenoxy) is 1. The molecule has 0 radical (unpaired) electrons. The van der Waals surface area contributed by atoms with Crippen molar-refractivity contribution in [2.75, 3.05) is 19.0 Å². The predicted molar refractivity (Wildman–Crippen MR) is 95.0 cm³/mol. The molecule has 2 aromatic heterocycles. The van der Waals surface area contributed by atoms with Gasteiger partial charge in [-0.3, -0.25) is 4.79 Å². The number of nitrogens with zero attached hydrogens (tertiary/aromatic N) is 1. The number of thiazole rings is 1. The van der Waals surface area contributed by atoms with Gasteiger partial charge in [0.15, 0.2) is 10.8 Å². The van der Waals surface area contributed by atoms with Crippen LogP contribution in [0, 0.1) is 0 Å². The van der Waals surface area contributed by atoms with Gasteiger partial charge >= 0.3 is 0 Å². The Balaban J connectivity index is 1.77. The summed E-state index contributed by atoms with van der Waals surface area (Å²) < 4.78 is 11.2. The zero-order chi connectivity index (χ0) is 16.7. The van der Waals surface area contributed by atoms with E-state index in [1.54, 1.807) is 25.4 Å². The smallest absolute Gasteiger partial charge is 0.164 e. The monoisotopic (exact) mass is 342 g/mol. The molecule has 0 saturated heterocycles. The third-order valence-electron chi connectivity index (χ3n) is 4.36. The first-order valence-electron chi connectivity index (χ1n) is 7.98. The minimum Gasteiger partial charge on any atom is -0.497 e. The molecule has 3 aromatic rings. The van der Waals surface area contributed by atoms with Crippen molar-refractivity contribution in [3.63, 3.8) is 0 Å². The Morgan fingerprint density at radius 2 is 2.29 bits per heavy atom. The largest absolute Gasteiger partial charge is 0.497 e. The molecule has 1 atom stereocenters. The molecule has 0 bridgehead atoms. The van der Waals surface area contributed by atoms with E-state index in [0.717, 1.165) is 57.6 Å². The first-order chi connectivity index (χ1) is 11.7. The molecular weight excluding hydrogens is 324 g/mol. The molecule has 0 fully saturated rings. The highest BCUT2D eigenvalue weighted by molar-refractivity contribution is 7.19. The fourth-order valence-electron chi connectivity index (χ4n) is 3.09. The molecule has 0 saturated carbocycles. The molecule has 1 aliphatic heterocycles. The van der Waals surface area contributed by atoms with Crippen LogP contribution in [0.5, 0.6) is 5.75 Å². The topological polar surface area (TPSA) is 64.4 Å². The van der Waals surface area contributed by atoms with Crippen molar-refractivity contribution in [1.29, 1.82) is 0 Å². The standard InChI is InChI=1S/C18H18N2O3S/c1-10(21)13-4-3-7-19-18-16(13)20-17(24-18)15-9-11-8-12(22-2)5-6-14(11)23-15/h5-6,8-9,13,19H,3-4,7H2,1-2H3. The summed E-state index contributed by atoms with van der Waals surface area (Å²) in [6.45, 7) is 2.52. The summed E-state index contributed by atoms with van der Waals surface area (Å²) in [5, 5.41) is 6.16. The third-order valence-corrected chi connectivity index (χ3v) is 5.41. The second-order valence-electron chi connectivity index (χ2n) is 5.98. The van der Waals surface area contributed by atoms with Crippen LogP contribution in [-0.4, -0.2) is 24.4 Å². The van der Waals surface area contributed by atoms with Crippen LogP contribution < -0.4 is 10.1 Å². The molecule has 124 valence electrons. The molecule has 1 unspecified atom stereocenters. The number of carbonyl (C=O) groups is 1. The van der Waals surface area contributed by atoms with Crippen molar-refractivity contribution < 1.29 is 13.9 Å². The van der Waals surface area contributed by atoms with Gasteiger partial charge in [-0.25, -0.2) is 4.98 Å². The number of nitrogens with one attached hydrogen (secondary N) is 1. The van der Waals surface area contributed by atoms with E-state index in [2.05, 4.69) is 5.32 Å². The number of Topliss-reactive ketones (excluding diaryl/α,β-unsaturated/α-hetero) is 1. The highest BCUT2D eigenvalue weighted by atomic mass is 32.1. The zero-order valence-electron chi connectivity index (χ0n) is 13.6. The van der Waals surface area contributed by atoms with Gasteiger partial charge in [0.25, 0.3) is 0 Å². The maximum Gasteiger partial charge on any atom is 0.164 e. The van der Waals surface area contributed by atoms with E-state index in [1.165, 1.54) is 0 Å². The van der Waals surface area contributed by atoms with E-state index in [0.29, 0.717) is 0 Å². The Kier molecular flexibility index (Phi) is 3.76. The number of methoxy groups -OCH3 is 1. The second-order valence-corrected chi connectivity index (χ2v) is 6.98. The minimum absolute atomic E-state index is 0.121. The molecule has 4 rings (SSSR count). The lowest BCUT2D eigenvalue weighted by Gasteiger charge is -2.08. The molecule has 24 heavy (non-hydrogen) atoms. The van der Waals surface area contributed by atoms with Gasteiger partial charge in [-0.15, -0.1) is 0 Å². The summed E-state index contributed by atoms with van der Waals surface area (Å²) in [6, 6.07) is 7.68. The molecular formula is C18H18N2O3S. The number of fused-ring (bicyclic) bond motifs is 2. The summed E-state index contributed by atoms with van der Waals surface area (Å²) in [7, 11) is 1.65. The molecule has 0 spiro atoms. The van der Waals surface area contributed by atoms with E-state index in [4.69, 9.17) is 14.1 Å². The van der Waals surface area contributed by atoms with Gasteiger partial charge in [0.05, 0.1) is 18.7 Å². The Labute approximate surface area is 143 Å². The fourth-order valence-corrected chi connectivity index (χ4v) is 4.10. The van der Waals surface area contributed by atoms with Crippen LogP contribution in [0.15, 0.2) is 28.7 Å². The van der Waals surface area contributed by atoms with E-state index >= 15 is 0 Å². The number of furan rings is 1. The molecule has 0 amide bonds. The van der Waals surface area contributed by atoms with E-state index in [-0.39, 0.29) is 11.7 Å². The van der Waals surface area contributed by atoms with Crippen LogP contribution in [-0.2, 0) is 4.79 Å². The molecule has 6 heteroatoms. The normalized spacial score (nSPS) is 17.2. The van der Waals surface area contributed by atoms with Gasteiger partial charge < -0.3 is 14.5 Å². The van der Waals surface area contributed by atoms with Crippen LogP contribution in [0.3, 0.4) is 0 Å².